The van der Waals surface area contributed by atoms with E-state index in [0.717, 1.165) is 31.8 Å². The zero-order valence-corrected chi connectivity index (χ0v) is 11.4. The standard InChI is InChI=1S/C15H29N/c1-6-10-15(13(5)7-2)12-16-11-14(8-3)9-4/h6,14-16H,1,5,7-12H2,2-4H3. The van der Waals surface area contributed by atoms with Gasteiger partial charge in [0.2, 0.25) is 0 Å². The minimum absolute atomic E-state index is 0.567. The van der Waals surface area contributed by atoms with Crippen LogP contribution in [0.4, 0.5) is 0 Å². The van der Waals surface area contributed by atoms with Gasteiger partial charge >= 0.3 is 0 Å². The minimum Gasteiger partial charge on any atom is -0.316 e. The molecule has 0 heterocycles. The molecule has 0 rings (SSSR count). The van der Waals surface area contributed by atoms with Gasteiger partial charge < -0.3 is 5.32 Å². The smallest absolute Gasteiger partial charge is 0.00198 e. The zero-order valence-electron chi connectivity index (χ0n) is 11.4. The Balaban J connectivity index is 3.92. The van der Waals surface area contributed by atoms with E-state index in [1.165, 1.54) is 18.4 Å². The van der Waals surface area contributed by atoms with Gasteiger partial charge in [0, 0.05) is 6.54 Å². The molecule has 1 N–H and O–H groups in total. The van der Waals surface area contributed by atoms with Gasteiger partial charge in [-0.15, -0.1) is 6.58 Å². The maximum absolute atomic E-state index is 4.14. The van der Waals surface area contributed by atoms with E-state index in [2.05, 4.69) is 39.2 Å². The monoisotopic (exact) mass is 223 g/mol. The first-order chi connectivity index (χ1) is 7.69. The van der Waals surface area contributed by atoms with Crippen LogP contribution < -0.4 is 5.32 Å². The fourth-order valence-electron chi connectivity index (χ4n) is 1.92. The van der Waals surface area contributed by atoms with Gasteiger partial charge in [-0.2, -0.15) is 0 Å². The first-order valence-electron chi connectivity index (χ1n) is 6.68. The van der Waals surface area contributed by atoms with Crippen LogP contribution in [0.25, 0.3) is 0 Å². The molecule has 0 aromatic rings. The number of hydrogen-bond donors (Lipinski definition) is 1. The van der Waals surface area contributed by atoms with Crippen LogP contribution in [0.5, 0.6) is 0 Å². The van der Waals surface area contributed by atoms with Gasteiger partial charge in [0.1, 0.15) is 0 Å². The summed E-state index contributed by atoms with van der Waals surface area (Å²) in [6, 6.07) is 0. The lowest BCUT2D eigenvalue weighted by atomic mass is 9.94. The molecule has 94 valence electrons. The molecule has 0 aliphatic rings. The first kappa shape index (κ1) is 15.4. The second kappa shape index (κ2) is 9.65. The third-order valence-electron chi connectivity index (χ3n) is 3.46. The Bertz CT molecular complexity index is 192. The maximum atomic E-state index is 4.14. The molecule has 0 aromatic heterocycles. The summed E-state index contributed by atoms with van der Waals surface area (Å²) in [5, 5.41) is 3.58. The average molecular weight is 223 g/mol. The lowest BCUT2D eigenvalue weighted by Gasteiger charge is -2.20. The van der Waals surface area contributed by atoms with Crippen LogP contribution in [0.3, 0.4) is 0 Å². The highest BCUT2D eigenvalue weighted by Gasteiger charge is 2.10. The topological polar surface area (TPSA) is 12.0 Å². The van der Waals surface area contributed by atoms with Gasteiger partial charge in [-0.05, 0) is 31.2 Å². The SMILES string of the molecule is C=CCC(CNCC(CC)CC)C(=C)CC. The van der Waals surface area contributed by atoms with Crippen molar-refractivity contribution in [2.24, 2.45) is 11.8 Å². The van der Waals surface area contributed by atoms with Crippen molar-refractivity contribution in [3.63, 3.8) is 0 Å². The number of allylic oxidation sites excluding steroid dienone is 1. The summed E-state index contributed by atoms with van der Waals surface area (Å²) in [6.07, 6.45) is 6.66. The Morgan fingerprint density at radius 2 is 1.81 bits per heavy atom. The Kier molecular flexibility index (Phi) is 9.31. The molecular weight excluding hydrogens is 194 g/mol. The highest BCUT2D eigenvalue weighted by Crippen LogP contribution is 2.16. The fourth-order valence-corrected chi connectivity index (χ4v) is 1.92. The van der Waals surface area contributed by atoms with Gasteiger partial charge in [-0.25, -0.2) is 0 Å². The van der Waals surface area contributed by atoms with Crippen molar-refractivity contribution in [3.8, 4) is 0 Å². The quantitative estimate of drug-likeness (QED) is 0.548. The molecular formula is C15H29N. The molecule has 1 heteroatoms. The summed E-state index contributed by atoms with van der Waals surface area (Å²) in [5.41, 5.74) is 1.34. The van der Waals surface area contributed by atoms with Crippen LogP contribution in [0, 0.1) is 11.8 Å². The second-order valence-corrected chi connectivity index (χ2v) is 4.57. The molecule has 1 atom stereocenters. The van der Waals surface area contributed by atoms with Gasteiger partial charge in [-0.1, -0.05) is 51.8 Å². The molecule has 1 nitrogen and oxygen atoms in total. The first-order valence-corrected chi connectivity index (χ1v) is 6.68. The molecule has 0 aromatic carbocycles. The summed E-state index contributed by atoms with van der Waals surface area (Å²) in [5.74, 6) is 1.39. The Hall–Kier alpha value is -0.560. The van der Waals surface area contributed by atoms with Crippen molar-refractivity contribution in [2.75, 3.05) is 13.1 Å². The number of rotatable bonds is 10. The van der Waals surface area contributed by atoms with Gasteiger partial charge in [0.05, 0.1) is 0 Å². The Morgan fingerprint density at radius 1 is 1.19 bits per heavy atom. The summed E-state index contributed by atoms with van der Waals surface area (Å²) in [6.45, 7) is 16.9. The van der Waals surface area contributed by atoms with Crippen molar-refractivity contribution in [2.45, 2.75) is 46.5 Å². The average Bonchev–Trinajstić information content (AvgIpc) is 2.32. The van der Waals surface area contributed by atoms with E-state index in [1.807, 2.05) is 6.08 Å². The lowest BCUT2D eigenvalue weighted by molar-refractivity contribution is 0.426. The van der Waals surface area contributed by atoms with Crippen LogP contribution in [-0.2, 0) is 0 Å². The Labute approximate surface area is 102 Å². The van der Waals surface area contributed by atoms with Crippen LogP contribution in [-0.4, -0.2) is 13.1 Å². The molecule has 0 saturated heterocycles. The van der Waals surface area contributed by atoms with Crippen molar-refractivity contribution in [1.29, 1.82) is 0 Å². The van der Waals surface area contributed by atoms with E-state index in [-0.39, 0.29) is 0 Å². The molecule has 16 heavy (non-hydrogen) atoms. The van der Waals surface area contributed by atoms with Gasteiger partial charge in [0.25, 0.3) is 0 Å². The summed E-state index contributed by atoms with van der Waals surface area (Å²) in [4.78, 5) is 0. The summed E-state index contributed by atoms with van der Waals surface area (Å²) < 4.78 is 0. The third kappa shape index (κ3) is 6.12. The van der Waals surface area contributed by atoms with Crippen molar-refractivity contribution in [3.05, 3.63) is 24.8 Å². The largest absolute Gasteiger partial charge is 0.316 e. The highest BCUT2D eigenvalue weighted by atomic mass is 14.9. The molecule has 0 fully saturated rings. The summed E-state index contributed by atoms with van der Waals surface area (Å²) in [7, 11) is 0. The van der Waals surface area contributed by atoms with Crippen LogP contribution in [0.15, 0.2) is 24.8 Å². The van der Waals surface area contributed by atoms with Crippen molar-refractivity contribution in [1.82, 2.24) is 5.32 Å². The Morgan fingerprint density at radius 3 is 2.25 bits per heavy atom. The van der Waals surface area contributed by atoms with Gasteiger partial charge in [0.15, 0.2) is 0 Å². The van der Waals surface area contributed by atoms with Crippen molar-refractivity contribution < 1.29 is 0 Å². The van der Waals surface area contributed by atoms with Crippen molar-refractivity contribution >= 4 is 0 Å². The molecule has 0 amide bonds. The van der Waals surface area contributed by atoms with E-state index in [4.69, 9.17) is 0 Å². The predicted octanol–water partition coefficient (Wildman–Crippen LogP) is 4.17. The predicted molar refractivity (Wildman–Crippen MR) is 74.7 cm³/mol. The van der Waals surface area contributed by atoms with E-state index >= 15 is 0 Å². The van der Waals surface area contributed by atoms with Crippen LogP contribution in [0.1, 0.15) is 46.5 Å². The lowest BCUT2D eigenvalue weighted by Crippen LogP contribution is -2.28. The molecule has 0 radical (unpaired) electrons. The molecule has 0 saturated carbocycles. The highest BCUT2D eigenvalue weighted by molar-refractivity contribution is 5.02. The maximum Gasteiger partial charge on any atom is 0.00198 e. The second-order valence-electron chi connectivity index (χ2n) is 4.57. The van der Waals surface area contributed by atoms with E-state index in [9.17, 15) is 0 Å². The molecule has 1 unspecified atom stereocenters. The third-order valence-corrected chi connectivity index (χ3v) is 3.46. The zero-order chi connectivity index (χ0) is 12.4. The fraction of sp³-hybridized carbons (Fsp3) is 0.733. The molecule has 0 aliphatic heterocycles. The van der Waals surface area contributed by atoms with E-state index in [0.29, 0.717) is 5.92 Å². The molecule has 0 aliphatic carbocycles. The van der Waals surface area contributed by atoms with Crippen LogP contribution >= 0.6 is 0 Å². The summed E-state index contributed by atoms with van der Waals surface area (Å²) >= 11 is 0. The molecule has 0 bridgehead atoms. The normalized spacial score (nSPS) is 12.8. The van der Waals surface area contributed by atoms with Crippen LogP contribution in [0.2, 0.25) is 0 Å². The van der Waals surface area contributed by atoms with E-state index < -0.39 is 0 Å². The number of hydrogen-bond acceptors (Lipinski definition) is 1. The minimum atomic E-state index is 0.567. The molecule has 0 spiro atoms. The van der Waals surface area contributed by atoms with Gasteiger partial charge in [-0.3, -0.25) is 0 Å². The number of nitrogens with one attached hydrogen (secondary N) is 1. The van der Waals surface area contributed by atoms with E-state index in [1.54, 1.807) is 0 Å².